The maximum absolute atomic E-state index is 11.7. The highest BCUT2D eigenvalue weighted by Crippen LogP contribution is 2.38. The van der Waals surface area contributed by atoms with Gasteiger partial charge in [0, 0.05) is 38.0 Å². The van der Waals surface area contributed by atoms with Crippen LogP contribution in [0.25, 0.3) is 21.9 Å². The van der Waals surface area contributed by atoms with Crippen molar-refractivity contribution < 1.29 is 9.53 Å². The summed E-state index contributed by atoms with van der Waals surface area (Å²) >= 11 is 0. The van der Waals surface area contributed by atoms with E-state index < -0.39 is 0 Å². The van der Waals surface area contributed by atoms with E-state index in [9.17, 15) is 10.1 Å². The van der Waals surface area contributed by atoms with Crippen LogP contribution >= 0.6 is 0 Å². The van der Waals surface area contributed by atoms with E-state index in [-0.39, 0.29) is 24.0 Å². The van der Waals surface area contributed by atoms with Crippen molar-refractivity contribution in [2.45, 2.75) is 44.8 Å². The van der Waals surface area contributed by atoms with Gasteiger partial charge in [0.1, 0.15) is 11.3 Å². The van der Waals surface area contributed by atoms with Crippen LogP contribution < -0.4 is 0 Å². The van der Waals surface area contributed by atoms with Gasteiger partial charge in [0.25, 0.3) is 0 Å². The van der Waals surface area contributed by atoms with Crippen LogP contribution in [-0.4, -0.2) is 51.1 Å². The number of imidazole rings is 1. The van der Waals surface area contributed by atoms with Gasteiger partial charge in [-0.25, -0.2) is 4.98 Å². The second-order valence-corrected chi connectivity index (χ2v) is 8.16. The molecule has 0 radical (unpaired) electrons. The van der Waals surface area contributed by atoms with Gasteiger partial charge in [0.15, 0.2) is 0 Å². The minimum atomic E-state index is 0.106. The van der Waals surface area contributed by atoms with Gasteiger partial charge in [-0.3, -0.25) is 9.78 Å². The number of fused-ring (bicyclic) bond motifs is 3. The van der Waals surface area contributed by atoms with Crippen LogP contribution in [0.3, 0.4) is 0 Å². The molecule has 148 valence electrons. The number of aromatic nitrogens is 3. The van der Waals surface area contributed by atoms with Gasteiger partial charge in [-0.15, -0.1) is 0 Å². The summed E-state index contributed by atoms with van der Waals surface area (Å²) in [7, 11) is 0. The molecule has 0 aliphatic carbocycles. The lowest BCUT2D eigenvalue weighted by Gasteiger charge is -2.39. The van der Waals surface area contributed by atoms with E-state index in [0.717, 1.165) is 47.2 Å². The molecule has 2 fully saturated rings. The summed E-state index contributed by atoms with van der Waals surface area (Å²) < 4.78 is 8.15. The molecular weight excluding hydrogens is 366 g/mol. The number of benzene rings is 1. The number of likely N-dealkylation sites (tertiary alicyclic amines) is 1. The zero-order valence-electron chi connectivity index (χ0n) is 16.6. The zero-order valence-corrected chi connectivity index (χ0v) is 16.6. The molecule has 5 rings (SSSR count). The van der Waals surface area contributed by atoms with E-state index in [2.05, 4.69) is 22.5 Å². The van der Waals surface area contributed by atoms with E-state index in [4.69, 9.17) is 9.72 Å². The third kappa shape index (κ3) is 2.95. The molecule has 2 saturated heterocycles. The maximum Gasteiger partial charge on any atom is 0.219 e. The van der Waals surface area contributed by atoms with Crippen molar-refractivity contribution in [3.63, 3.8) is 0 Å². The number of hydrogen-bond acceptors (Lipinski definition) is 5. The standard InChI is InChI=1S/C22H23N5O2/c1-13-7-17(5-6-29-13)27-21-18-8-15(9-23)3-4-19(18)24-10-20(21)25-22(27)16-11-26(12-16)14(2)28/h3-4,8,10,13,16-17H,5-7,11-12H2,1-2H3/t13-,17?/m1/s1. The van der Waals surface area contributed by atoms with Gasteiger partial charge in [-0.2, -0.15) is 5.26 Å². The molecule has 2 atom stereocenters. The number of carbonyl (C=O) groups is 1. The molecule has 0 bridgehead atoms. The number of carbonyl (C=O) groups excluding carboxylic acids is 1. The number of pyridine rings is 1. The number of nitrogens with zero attached hydrogens (tertiary/aromatic N) is 5. The first-order valence-corrected chi connectivity index (χ1v) is 10.1. The minimum Gasteiger partial charge on any atom is -0.378 e. The molecule has 1 amide bonds. The number of ether oxygens (including phenoxy) is 1. The second-order valence-electron chi connectivity index (χ2n) is 8.16. The van der Waals surface area contributed by atoms with Crippen LogP contribution in [0.4, 0.5) is 0 Å². The predicted octanol–water partition coefficient (Wildman–Crippen LogP) is 3.14. The van der Waals surface area contributed by atoms with Crippen LogP contribution in [0.2, 0.25) is 0 Å². The highest BCUT2D eigenvalue weighted by molar-refractivity contribution is 6.03. The Kier molecular flexibility index (Phi) is 4.25. The fraction of sp³-hybridized carbons (Fsp3) is 0.455. The Bertz CT molecular complexity index is 1160. The van der Waals surface area contributed by atoms with Crippen LogP contribution in [0.5, 0.6) is 0 Å². The number of hydrogen-bond donors (Lipinski definition) is 0. The quantitative estimate of drug-likeness (QED) is 0.672. The first-order valence-electron chi connectivity index (χ1n) is 10.1. The molecule has 7 nitrogen and oxygen atoms in total. The van der Waals surface area contributed by atoms with Gasteiger partial charge in [-0.05, 0) is 38.0 Å². The highest BCUT2D eigenvalue weighted by atomic mass is 16.5. The predicted molar refractivity (Wildman–Crippen MR) is 108 cm³/mol. The van der Waals surface area contributed by atoms with Crippen molar-refractivity contribution in [1.29, 1.82) is 5.26 Å². The van der Waals surface area contributed by atoms with Crippen LogP contribution in [0.15, 0.2) is 24.4 Å². The number of rotatable bonds is 2. The molecule has 1 unspecified atom stereocenters. The smallest absolute Gasteiger partial charge is 0.219 e. The SMILES string of the molecule is CC(=O)N1CC(c2nc3cnc4ccc(C#N)cc4c3n2C2CCO[C@H](C)C2)C1. The Balaban J connectivity index is 1.71. The van der Waals surface area contributed by atoms with E-state index in [1.807, 2.05) is 23.2 Å². The molecule has 2 aliphatic rings. The summed E-state index contributed by atoms with van der Waals surface area (Å²) in [6.07, 6.45) is 3.86. The van der Waals surface area contributed by atoms with Crippen molar-refractivity contribution in [3.8, 4) is 6.07 Å². The molecule has 7 heteroatoms. The van der Waals surface area contributed by atoms with Crippen molar-refractivity contribution in [1.82, 2.24) is 19.4 Å². The largest absolute Gasteiger partial charge is 0.378 e. The molecule has 29 heavy (non-hydrogen) atoms. The summed E-state index contributed by atoms with van der Waals surface area (Å²) in [6.45, 7) is 5.85. The van der Waals surface area contributed by atoms with Crippen LogP contribution in [0, 0.1) is 11.3 Å². The first-order chi connectivity index (χ1) is 14.0. The van der Waals surface area contributed by atoms with Crippen molar-refractivity contribution in [2.24, 2.45) is 0 Å². The number of amides is 1. The second kappa shape index (κ2) is 6.82. The summed E-state index contributed by atoms with van der Waals surface area (Å²) in [5.74, 6) is 1.35. The third-order valence-electron chi connectivity index (χ3n) is 6.19. The monoisotopic (exact) mass is 389 g/mol. The van der Waals surface area contributed by atoms with Crippen molar-refractivity contribution in [3.05, 3.63) is 35.8 Å². The van der Waals surface area contributed by atoms with Crippen LogP contribution in [0.1, 0.15) is 50.0 Å². The Morgan fingerprint density at radius 1 is 1.31 bits per heavy atom. The Hall–Kier alpha value is -2.98. The highest BCUT2D eigenvalue weighted by Gasteiger charge is 2.36. The summed E-state index contributed by atoms with van der Waals surface area (Å²) in [6, 6.07) is 8.13. The van der Waals surface area contributed by atoms with Gasteiger partial charge in [-0.1, -0.05) is 0 Å². The average Bonchev–Trinajstić information content (AvgIpc) is 3.05. The molecule has 0 N–H and O–H groups in total. The summed E-state index contributed by atoms with van der Waals surface area (Å²) in [5, 5.41) is 10.4. The molecule has 0 spiro atoms. The van der Waals surface area contributed by atoms with E-state index in [0.29, 0.717) is 18.7 Å². The maximum atomic E-state index is 11.7. The van der Waals surface area contributed by atoms with Crippen molar-refractivity contribution in [2.75, 3.05) is 19.7 Å². The third-order valence-corrected chi connectivity index (χ3v) is 6.19. The van der Waals surface area contributed by atoms with Crippen LogP contribution in [-0.2, 0) is 9.53 Å². The summed E-state index contributed by atoms with van der Waals surface area (Å²) in [4.78, 5) is 23.1. The first kappa shape index (κ1) is 18.1. The van der Waals surface area contributed by atoms with E-state index in [1.54, 1.807) is 13.0 Å². The molecule has 2 aliphatic heterocycles. The van der Waals surface area contributed by atoms with Gasteiger partial charge < -0.3 is 14.2 Å². The topological polar surface area (TPSA) is 84.0 Å². The lowest BCUT2D eigenvalue weighted by atomic mass is 9.97. The molecule has 1 aromatic carbocycles. The molecule has 2 aromatic heterocycles. The fourth-order valence-corrected chi connectivity index (χ4v) is 4.63. The summed E-state index contributed by atoms with van der Waals surface area (Å²) in [5.41, 5.74) is 3.38. The van der Waals surface area contributed by atoms with E-state index in [1.165, 1.54) is 0 Å². The molecule has 3 aromatic rings. The Morgan fingerprint density at radius 3 is 2.86 bits per heavy atom. The molecular formula is C22H23N5O2. The normalized spacial score (nSPS) is 22.6. The fourth-order valence-electron chi connectivity index (χ4n) is 4.63. The molecule has 0 saturated carbocycles. The van der Waals surface area contributed by atoms with Gasteiger partial charge in [0.2, 0.25) is 5.91 Å². The zero-order chi connectivity index (χ0) is 20.1. The molecule has 4 heterocycles. The Labute approximate surface area is 168 Å². The van der Waals surface area contributed by atoms with Crippen molar-refractivity contribution >= 4 is 27.8 Å². The lowest BCUT2D eigenvalue weighted by molar-refractivity contribution is -0.133. The Morgan fingerprint density at radius 2 is 2.14 bits per heavy atom. The van der Waals surface area contributed by atoms with E-state index >= 15 is 0 Å². The minimum absolute atomic E-state index is 0.106. The van der Waals surface area contributed by atoms with Gasteiger partial charge >= 0.3 is 0 Å². The lowest BCUT2D eigenvalue weighted by Crippen LogP contribution is -2.48. The van der Waals surface area contributed by atoms with Gasteiger partial charge in [0.05, 0.1) is 40.9 Å². The number of nitriles is 1. The average molecular weight is 389 g/mol.